The van der Waals surface area contributed by atoms with Gasteiger partial charge in [-0.3, -0.25) is 4.68 Å². The molecule has 2 amide bonds. The van der Waals surface area contributed by atoms with Crippen molar-refractivity contribution in [2.75, 3.05) is 12.4 Å². The lowest BCUT2D eigenvalue weighted by atomic mass is 10.2. The van der Waals surface area contributed by atoms with Crippen molar-refractivity contribution >= 4 is 23.3 Å². The van der Waals surface area contributed by atoms with Crippen LogP contribution in [0.2, 0.25) is 5.02 Å². The number of halogens is 1. The Balaban J connectivity index is 1.62. The summed E-state index contributed by atoms with van der Waals surface area (Å²) in [5.74, 6) is 0.703. The standard InChI is InChI=1S/C20H22ClN5O2/c1-14-7-8-17(10-19(14)28-13-15-5-4-6-16(21)9-15)22-20(27)25(2)11-18-12-26(3)24-23-18/h4-10,12H,11,13H2,1-3H3,(H,22,27). The van der Waals surface area contributed by atoms with Crippen molar-refractivity contribution in [3.63, 3.8) is 0 Å². The van der Waals surface area contributed by atoms with Gasteiger partial charge in [0.25, 0.3) is 0 Å². The Hall–Kier alpha value is -3.06. The maximum atomic E-state index is 12.4. The number of carbonyl (C=O) groups excluding carboxylic acids is 1. The maximum absolute atomic E-state index is 12.4. The summed E-state index contributed by atoms with van der Waals surface area (Å²) in [5.41, 5.74) is 3.33. The molecule has 0 radical (unpaired) electrons. The molecule has 0 bridgehead atoms. The number of benzene rings is 2. The van der Waals surface area contributed by atoms with Crippen LogP contribution in [-0.2, 0) is 20.2 Å². The molecule has 0 atom stereocenters. The largest absolute Gasteiger partial charge is 0.489 e. The Morgan fingerprint density at radius 3 is 2.82 bits per heavy atom. The highest BCUT2D eigenvalue weighted by atomic mass is 35.5. The number of rotatable bonds is 6. The number of aryl methyl sites for hydroxylation is 2. The van der Waals surface area contributed by atoms with Crippen LogP contribution in [0.25, 0.3) is 0 Å². The minimum Gasteiger partial charge on any atom is -0.489 e. The summed E-state index contributed by atoms with van der Waals surface area (Å²) in [7, 11) is 3.49. The van der Waals surface area contributed by atoms with Gasteiger partial charge < -0.3 is 15.0 Å². The van der Waals surface area contributed by atoms with Gasteiger partial charge in [0.1, 0.15) is 18.1 Å². The topological polar surface area (TPSA) is 72.3 Å². The first-order chi connectivity index (χ1) is 13.4. The van der Waals surface area contributed by atoms with Gasteiger partial charge in [0.05, 0.1) is 6.54 Å². The van der Waals surface area contributed by atoms with Crippen molar-refractivity contribution < 1.29 is 9.53 Å². The molecule has 7 nitrogen and oxygen atoms in total. The fourth-order valence-electron chi connectivity index (χ4n) is 2.62. The minimum atomic E-state index is -0.240. The molecule has 1 aromatic heterocycles. The average Bonchev–Trinajstić information content (AvgIpc) is 3.07. The van der Waals surface area contributed by atoms with Crippen LogP contribution in [-0.4, -0.2) is 33.0 Å². The molecule has 8 heteroatoms. The van der Waals surface area contributed by atoms with Crippen LogP contribution in [0.1, 0.15) is 16.8 Å². The Morgan fingerprint density at radius 2 is 2.11 bits per heavy atom. The molecular formula is C20H22ClN5O2. The van der Waals surface area contributed by atoms with E-state index in [1.54, 1.807) is 25.0 Å². The quantitative estimate of drug-likeness (QED) is 0.679. The van der Waals surface area contributed by atoms with Gasteiger partial charge in [-0.05, 0) is 36.2 Å². The average molecular weight is 400 g/mol. The Morgan fingerprint density at radius 1 is 1.29 bits per heavy atom. The van der Waals surface area contributed by atoms with Gasteiger partial charge in [-0.2, -0.15) is 0 Å². The van der Waals surface area contributed by atoms with E-state index in [0.29, 0.717) is 29.6 Å². The highest BCUT2D eigenvalue weighted by molar-refractivity contribution is 6.30. The molecule has 2 aromatic carbocycles. The summed E-state index contributed by atoms with van der Waals surface area (Å²) < 4.78 is 7.52. The summed E-state index contributed by atoms with van der Waals surface area (Å²) in [4.78, 5) is 14.0. The highest BCUT2D eigenvalue weighted by Crippen LogP contribution is 2.24. The molecule has 3 aromatic rings. The van der Waals surface area contributed by atoms with Crippen molar-refractivity contribution in [1.29, 1.82) is 0 Å². The van der Waals surface area contributed by atoms with Crippen LogP contribution >= 0.6 is 11.6 Å². The first kappa shape index (κ1) is 19.7. The third kappa shape index (κ3) is 5.23. The van der Waals surface area contributed by atoms with Gasteiger partial charge in [0.2, 0.25) is 0 Å². The van der Waals surface area contributed by atoms with Crippen molar-refractivity contribution in [2.45, 2.75) is 20.1 Å². The second-order valence-electron chi connectivity index (χ2n) is 6.57. The molecule has 0 saturated heterocycles. The number of hydrogen-bond donors (Lipinski definition) is 1. The zero-order valence-electron chi connectivity index (χ0n) is 16.0. The van der Waals surface area contributed by atoms with Gasteiger partial charge in [-0.15, -0.1) is 5.10 Å². The second-order valence-corrected chi connectivity index (χ2v) is 7.01. The summed E-state index contributed by atoms with van der Waals surface area (Å²) in [5, 5.41) is 11.4. The lowest BCUT2D eigenvalue weighted by molar-refractivity contribution is 0.220. The number of aromatic nitrogens is 3. The Labute approximate surface area is 168 Å². The smallest absolute Gasteiger partial charge is 0.321 e. The molecule has 146 valence electrons. The molecule has 0 unspecified atom stereocenters. The number of nitrogens with zero attached hydrogens (tertiary/aromatic N) is 4. The maximum Gasteiger partial charge on any atom is 0.321 e. The Kier molecular flexibility index (Phi) is 6.16. The molecule has 0 aliphatic carbocycles. The number of nitrogens with one attached hydrogen (secondary N) is 1. The number of hydrogen-bond acceptors (Lipinski definition) is 4. The molecule has 1 N–H and O–H groups in total. The van der Waals surface area contributed by atoms with Gasteiger partial charge >= 0.3 is 6.03 Å². The third-order valence-electron chi connectivity index (χ3n) is 4.12. The molecule has 28 heavy (non-hydrogen) atoms. The lowest BCUT2D eigenvalue weighted by Gasteiger charge is -2.17. The van der Waals surface area contributed by atoms with E-state index in [1.165, 1.54) is 4.90 Å². The molecule has 1 heterocycles. The predicted octanol–water partition coefficient (Wildman–Crippen LogP) is 4.02. The SMILES string of the molecule is Cc1ccc(NC(=O)N(C)Cc2cn(C)nn2)cc1OCc1cccc(Cl)c1. The van der Waals surface area contributed by atoms with E-state index in [-0.39, 0.29) is 6.03 Å². The molecule has 0 aliphatic heterocycles. The van der Waals surface area contributed by atoms with E-state index in [1.807, 2.05) is 49.4 Å². The van der Waals surface area contributed by atoms with Crippen LogP contribution in [0.15, 0.2) is 48.7 Å². The first-order valence-corrected chi connectivity index (χ1v) is 9.14. The summed E-state index contributed by atoms with van der Waals surface area (Å²) in [6, 6.07) is 12.9. The summed E-state index contributed by atoms with van der Waals surface area (Å²) in [6.45, 7) is 2.72. The van der Waals surface area contributed by atoms with E-state index in [4.69, 9.17) is 16.3 Å². The third-order valence-corrected chi connectivity index (χ3v) is 4.35. The van der Waals surface area contributed by atoms with Crippen LogP contribution in [0.3, 0.4) is 0 Å². The molecule has 0 aliphatic rings. The molecule has 3 rings (SSSR count). The van der Waals surface area contributed by atoms with E-state index in [9.17, 15) is 4.79 Å². The fraction of sp³-hybridized carbons (Fsp3) is 0.250. The van der Waals surface area contributed by atoms with Crippen LogP contribution < -0.4 is 10.1 Å². The normalized spacial score (nSPS) is 10.6. The number of ether oxygens (including phenoxy) is 1. The van der Waals surface area contributed by atoms with Crippen molar-refractivity contribution in [3.8, 4) is 5.75 Å². The van der Waals surface area contributed by atoms with Crippen LogP contribution in [0.5, 0.6) is 5.75 Å². The van der Waals surface area contributed by atoms with Gasteiger partial charge in [0, 0.05) is 37.1 Å². The van der Waals surface area contributed by atoms with Crippen molar-refractivity contribution in [1.82, 2.24) is 19.9 Å². The van der Waals surface area contributed by atoms with Crippen molar-refractivity contribution in [3.05, 3.63) is 70.5 Å². The lowest BCUT2D eigenvalue weighted by Crippen LogP contribution is -2.31. The van der Waals surface area contributed by atoms with Gasteiger partial charge in [0.15, 0.2) is 0 Å². The summed E-state index contributed by atoms with van der Waals surface area (Å²) in [6.07, 6.45) is 1.78. The second kappa shape index (κ2) is 8.75. The van der Waals surface area contributed by atoms with Crippen LogP contribution in [0, 0.1) is 6.92 Å². The Bertz CT molecular complexity index is 973. The first-order valence-electron chi connectivity index (χ1n) is 8.76. The highest BCUT2D eigenvalue weighted by Gasteiger charge is 2.12. The van der Waals surface area contributed by atoms with Crippen LogP contribution in [0.4, 0.5) is 10.5 Å². The predicted molar refractivity (Wildman–Crippen MR) is 108 cm³/mol. The number of anilines is 1. The van der Waals surface area contributed by atoms with E-state index in [0.717, 1.165) is 16.8 Å². The van der Waals surface area contributed by atoms with Gasteiger partial charge in [-0.25, -0.2) is 4.79 Å². The molecular weight excluding hydrogens is 378 g/mol. The van der Waals surface area contributed by atoms with Gasteiger partial charge in [-0.1, -0.05) is 35.0 Å². The molecule has 0 fully saturated rings. The van der Waals surface area contributed by atoms with E-state index in [2.05, 4.69) is 15.6 Å². The van der Waals surface area contributed by atoms with E-state index >= 15 is 0 Å². The monoisotopic (exact) mass is 399 g/mol. The molecule has 0 spiro atoms. The summed E-state index contributed by atoms with van der Waals surface area (Å²) >= 11 is 6.01. The fourth-order valence-corrected chi connectivity index (χ4v) is 2.84. The number of carbonyl (C=O) groups is 1. The molecule has 0 saturated carbocycles. The minimum absolute atomic E-state index is 0.240. The number of urea groups is 1. The number of amides is 2. The zero-order valence-corrected chi connectivity index (χ0v) is 16.8. The zero-order chi connectivity index (χ0) is 20.1. The van der Waals surface area contributed by atoms with Crippen molar-refractivity contribution in [2.24, 2.45) is 7.05 Å². The van der Waals surface area contributed by atoms with E-state index < -0.39 is 0 Å².